The highest BCUT2D eigenvalue weighted by Crippen LogP contribution is 2.26. The van der Waals surface area contributed by atoms with Crippen molar-refractivity contribution in [1.29, 1.82) is 0 Å². The number of nitrogens with zero attached hydrogens (tertiary/aromatic N) is 1. The van der Waals surface area contributed by atoms with Gasteiger partial charge in [-0.15, -0.1) is 6.58 Å². The molecule has 2 rings (SSSR count). The standard InChI is InChI=1S/C14H15NO3/c1-3-7-15-9-12(14(17)18-4-2)11-8-10(16)5-6-13(11)15/h3,5-6,8-9,16H,1,4,7H2,2H3. The van der Waals surface area contributed by atoms with E-state index in [9.17, 15) is 9.90 Å². The van der Waals surface area contributed by atoms with E-state index in [0.717, 1.165) is 5.52 Å². The molecule has 4 heteroatoms. The van der Waals surface area contributed by atoms with Gasteiger partial charge in [0.2, 0.25) is 0 Å². The Hall–Kier alpha value is -2.23. The maximum atomic E-state index is 11.8. The maximum Gasteiger partial charge on any atom is 0.340 e. The lowest BCUT2D eigenvalue weighted by Gasteiger charge is -2.00. The van der Waals surface area contributed by atoms with Crippen molar-refractivity contribution in [3.05, 3.63) is 42.6 Å². The van der Waals surface area contributed by atoms with E-state index in [4.69, 9.17) is 4.74 Å². The number of aromatic hydroxyl groups is 1. The summed E-state index contributed by atoms with van der Waals surface area (Å²) < 4.78 is 6.90. The largest absolute Gasteiger partial charge is 0.508 e. The number of phenolic OH excluding ortho intramolecular Hbond substituents is 1. The number of aromatic nitrogens is 1. The second-order valence-electron chi connectivity index (χ2n) is 3.91. The van der Waals surface area contributed by atoms with Crippen LogP contribution in [-0.4, -0.2) is 22.2 Å². The van der Waals surface area contributed by atoms with Crippen LogP contribution in [0.2, 0.25) is 0 Å². The van der Waals surface area contributed by atoms with Crippen molar-refractivity contribution in [2.45, 2.75) is 13.5 Å². The third-order valence-corrected chi connectivity index (χ3v) is 2.69. The van der Waals surface area contributed by atoms with Crippen molar-refractivity contribution in [3.8, 4) is 5.75 Å². The van der Waals surface area contributed by atoms with Crippen LogP contribution in [0.1, 0.15) is 17.3 Å². The number of fused-ring (bicyclic) bond motifs is 1. The molecule has 94 valence electrons. The fourth-order valence-electron chi connectivity index (χ4n) is 1.95. The Labute approximate surface area is 105 Å². The molecule has 0 aliphatic rings. The van der Waals surface area contributed by atoms with Gasteiger partial charge in [-0.3, -0.25) is 0 Å². The number of carbonyl (C=O) groups is 1. The van der Waals surface area contributed by atoms with Crippen molar-refractivity contribution in [2.75, 3.05) is 6.61 Å². The summed E-state index contributed by atoms with van der Waals surface area (Å²) in [4.78, 5) is 11.8. The number of ether oxygens (including phenoxy) is 1. The molecule has 0 spiro atoms. The molecule has 4 nitrogen and oxygen atoms in total. The van der Waals surface area contributed by atoms with Crippen LogP contribution in [0.5, 0.6) is 5.75 Å². The predicted octanol–water partition coefficient (Wildman–Crippen LogP) is 2.71. The van der Waals surface area contributed by atoms with Crippen LogP contribution >= 0.6 is 0 Å². The number of allylic oxidation sites excluding steroid dienone is 1. The van der Waals surface area contributed by atoms with Gasteiger partial charge in [0.15, 0.2) is 0 Å². The summed E-state index contributed by atoms with van der Waals surface area (Å²) >= 11 is 0. The van der Waals surface area contributed by atoms with Gasteiger partial charge in [0.25, 0.3) is 0 Å². The first-order valence-electron chi connectivity index (χ1n) is 5.77. The quantitative estimate of drug-likeness (QED) is 0.665. The lowest BCUT2D eigenvalue weighted by molar-refractivity contribution is 0.0528. The summed E-state index contributed by atoms with van der Waals surface area (Å²) in [5.74, 6) is -0.250. The van der Waals surface area contributed by atoms with Crippen molar-refractivity contribution in [3.63, 3.8) is 0 Å². The van der Waals surface area contributed by atoms with Crippen LogP contribution in [0, 0.1) is 0 Å². The van der Waals surface area contributed by atoms with E-state index in [1.54, 1.807) is 37.4 Å². The average Bonchev–Trinajstić information content (AvgIpc) is 2.68. The van der Waals surface area contributed by atoms with Crippen molar-refractivity contribution < 1.29 is 14.6 Å². The van der Waals surface area contributed by atoms with Crippen LogP contribution in [0.4, 0.5) is 0 Å². The van der Waals surface area contributed by atoms with Gasteiger partial charge in [-0.1, -0.05) is 6.08 Å². The molecule has 0 aliphatic carbocycles. The zero-order valence-corrected chi connectivity index (χ0v) is 10.2. The van der Waals surface area contributed by atoms with E-state index in [1.165, 1.54) is 0 Å². The minimum absolute atomic E-state index is 0.129. The van der Waals surface area contributed by atoms with Gasteiger partial charge in [-0.25, -0.2) is 4.79 Å². The summed E-state index contributed by atoms with van der Waals surface area (Å²) in [5, 5.41) is 10.2. The van der Waals surface area contributed by atoms with Crippen LogP contribution in [-0.2, 0) is 11.3 Å². The van der Waals surface area contributed by atoms with Gasteiger partial charge in [-0.05, 0) is 25.1 Å². The molecule has 1 heterocycles. The second kappa shape index (κ2) is 4.96. The normalized spacial score (nSPS) is 10.5. The van der Waals surface area contributed by atoms with E-state index in [2.05, 4.69) is 6.58 Å². The third kappa shape index (κ3) is 2.09. The molecule has 1 N–H and O–H groups in total. The van der Waals surface area contributed by atoms with Crippen LogP contribution in [0.3, 0.4) is 0 Å². The number of phenols is 1. The predicted molar refractivity (Wildman–Crippen MR) is 69.8 cm³/mol. The third-order valence-electron chi connectivity index (χ3n) is 2.69. The molecule has 18 heavy (non-hydrogen) atoms. The molecule has 0 saturated carbocycles. The van der Waals surface area contributed by atoms with Crippen LogP contribution in [0.15, 0.2) is 37.1 Å². The highest BCUT2D eigenvalue weighted by Gasteiger charge is 2.16. The highest BCUT2D eigenvalue weighted by atomic mass is 16.5. The maximum absolute atomic E-state index is 11.8. The SMILES string of the molecule is C=CCn1cc(C(=O)OCC)c2cc(O)ccc21. The first kappa shape index (κ1) is 12.2. The fraction of sp³-hybridized carbons (Fsp3) is 0.214. The van der Waals surface area contributed by atoms with Crippen molar-refractivity contribution in [1.82, 2.24) is 4.57 Å². The lowest BCUT2D eigenvalue weighted by Crippen LogP contribution is -2.03. The highest BCUT2D eigenvalue weighted by molar-refractivity contribution is 6.04. The molecule has 0 radical (unpaired) electrons. The molecule has 0 fully saturated rings. The Kier molecular flexibility index (Phi) is 3.37. The average molecular weight is 245 g/mol. The van der Waals surface area contributed by atoms with E-state index < -0.39 is 0 Å². The monoisotopic (exact) mass is 245 g/mol. The van der Waals surface area contributed by atoms with Gasteiger partial charge in [0.05, 0.1) is 12.2 Å². The minimum atomic E-state index is -0.379. The fourth-order valence-corrected chi connectivity index (χ4v) is 1.95. The molecule has 0 unspecified atom stereocenters. The number of hydrogen-bond donors (Lipinski definition) is 1. The van der Waals surface area contributed by atoms with Gasteiger partial charge < -0.3 is 14.4 Å². The molecule has 0 atom stereocenters. The van der Waals surface area contributed by atoms with Crippen molar-refractivity contribution in [2.24, 2.45) is 0 Å². The van der Waals surface area contributed by atoms with E-state index in [1.807, 2.05) is 4.57 Å². The topological polar surface area (TPSA) is 51.5 Å². The van der Waals surface area contributed by atoms with Crippen LogP contribution in [0.25, 0.3) is 10.9 Å². The summed E-state index contributed by atoms with van der Waals surface area (Å²) in [6.07, 6.45) is 3.48. The summed E-state index contributed by atoms with van der Waals surface area (Å²) in [6.45, 7) is 6.37. The first-order chi connectivity index (χ1) is 8.67. The molecule has 1 aromatic carbocycles. The molecular formula is C14H15NO3. The Balaban J connectivity index is 2.61. The number of hydrogen-bond acceptors (Lipinski definition) is 3. The minimum Gasteiger partial charge on any atom is -0.508 e. The molecule has 2 aromatic rings. The van der Waals surface area contributed by atoms with Gasteiger partial charge in [-0.2, -0.15) is 0 Å². The Bertz CT molecular complexity index is 598. The van der Waals surface area contributed by atoms with Crippen molar-refractivity contribution >= 4 is 16.9 Å². The molecular weight excluding hydrogens is 230 g/mol. The number of esters is 1. The second-order valence-corrected chi connectivity index (χ2v) is 3.91. The smallest absolute Gasteiger partial charge is 0.340 e. The zero-order chi connectivity index (χ0) is 13.1. The van der Waals surface area contributed by atoms with Gasteiger partial charge in [0.1, 0.15) is 5.75 Å². The Morgan fingerprint density at radius 2 is 2.33 bits per heavy atom. The Morgan fingerprint density at radius 1 is 1.56 bits per heavy atom. The summed E-state index contributed by atoms with van der Waals surface area (Å²) in [7, 11) is 0. The zero-order valence-electron chi connectivity index (χ0n) is 10.2. The molecule has 0 aliphatic heterocycles. The van der Waals surface area contributed by atoms with E-state index in [-0.39, 0.29) is 11.7 Å². The van der Waals surface area contributed by atoms with Crippen LogP contribution < -0.4 is 0 Å². The summed E-state index contributed by atoms with van der Waals surface area (Å²) in [5.41, 5.74) is 1.33. The van der Waals surface area contributed by atoms with Gasteiger partial charge >= 0.3 is 5.97 Å². The first-order valence-corrected chi connectivity index (χ1v) is 5.77. The van der Waals surface area contributed by atoms with E-state index >= 15 is 0 Å². The molecule has 1 aromatic heterocycles. The number of carbonyl (C=O) groups excluding carboxylic acids is 1. The molecule has 0 amide bonds. The molecule has 0 bridgehead atoms. The number of rotatable bonds is 4. The number of benzene rings is 1. The lowest BCUT2D eigenvalue weighted by atomic mass is 10.1. The van der Waals surface area contributed by atoms with E-state index in [0.29, 0.717) is 24.1 Å². The summed E-state index contributed by atoms with van der Waals surface area (Å²) in [6, 6.07) is 4.94. The molecule has 0 saturated heterocycles. The Morgan fingerprint density at radius 3 is 3.00 bits per heavy atom. The van der Waals surface area contributed by atoms with Gasteiger partial charge in [0, 0.05) is 23.6 Å².